The van der Waals surface area contributed by atoms with Crippen molar-refractivity contribution in [2.75, 3.05) is 0 Å². The van der Waals surface area contributed by atoms with Gasteiger partial charge in [0.15, 0.2) is 0 Å². The van der Waals surface area contributed by atoms with Crippen LogP contribution in [0.2, 0.25) is 0 Å². The van der Waals surface area contributed by atoms with Crippen LogP contribution in [0.1, 0.15) is 35.1 Å². The van der Waals surface area contributed by atoms with E-state index in [0.29, 0.717) is 6.54 Å². The molecule has 1 N–H and O–H groups in total. The summed E-state index contributed by atoms with van der Waals surface area (Å²) < 4.78 is 1.60. The first-order valence-electron chi connectivity index (χ1n) is 6.54. The van der Waals surface area contributed by atoms with Crippen molar-refractivity contribution in [1.82, 2.24) is 9.78 Å². The third kappa shape index (κ3) is 3.44. The Morgan fingerprint density at radius 3 is 2.68 bits per heavy atom. The number of rotatable bonds is 6. The van der Waals surface area contributed by atoms with Gasteiger partial charge in [-0.15, -0.1) is 0 Å². The molecule has 0 atom stereocenters. The Bertz CT molecular complexity index is 547. The highest BCUT2D eigenvalue weighted by atomic mass is 16.4. The Morgan fingerprint density at radius 1 is 1.32 bits per heavy atom. The minimum absolute atomic E-state index is 0.282. The highest BCUT2D eigenvalue weighted by Crippen LogP contribution is 2.09. The zero-order valence-corrected chi connectivity index (χ0v) is 11.0. The lowest BCUT2D eigenvalue weighted by Crippen LogP contribution is -2.10. The molecule has 100 valence electrons. The average molecular weight is 258 g/mol. The Morgan fingerprint density at radius 2 is 2.05 bits per heavy atom. The molecule has 0 fully saturated rings. The SMILES string of the molecule is CCc1cc(C(=O)O)n(CCCc2ccccc2)n1. The molecule has 0 aliphatic carbocycles. The maximum atomic E-state index is 11.1. The minimum Gasteiger partial charge on any atom is -0.477 e. The summed E-state index contributed by atoms with van der Waals surface area (Å²) in [6.45, 7) is 2.61. The molecule has 0 bridgehead atoms. The van der Waals surface area contributed by atoms with Gasteiger partial charge in [-0.2, -0.15) is 5.10 Å². The fraction of sp³-hybridized carbons (Fsp3) is 0.333. The molecule has 19 heavy (non-hydrogen) atoms. The molecule has 0 saturated carbocycles. The van der Waals surface area contributed by atoms with Crippen molar-refractivity contribution >= 4 is 5.97 Å². The molecule has 1 aromatic carbocycles. The number of carbonyl (C=O) groups is 1. The van der Waals surface area contributed by atoms with Crippen LogP contribution in [-0.2, 0) is 19.4 Å². The van der Waals surface area contributed by atoms with Gasteiger partial charge in [-0.3, -0.25) is 4.68 Å². The van der Waals surface area contributed by atoms with Crippen LogP contribution in [0.5, 0.6) is 0 Å². The summed E-state index contributed by atoms with van der Waals surface area (Å²) in [5, 5.41) is 13.4. The lowest BCUT2D eigenvalue weighted by Gasteiger charge is -2.04. The normalized spacial score (nSPS) is 10.6. The van der Waals surface area contributed by atoms with Gasteiger partial charge in [-0.1, -0.05) is 37.3 Å². The number of nitrogens with zero attached hydrogens (tertiary/aromatic N) is 2. The predicted octanol–water partition coefficient (Wildman–Crippen LogP) is 2.78. The predicted molar refractivity (Wildman–Crippen MR) is 73.3 cm³/mol. The maximum Gasteiger partial charge on any atom is 0.354 e. The van der Waals surface area contributed by atoms with Crippen molar-refractivity contribution < 1.29 is 9.90 Å². The molecule has 1 heterocycles. The lowest BCUT2D eigenvalue weighted by atomic mass is 10.1. The topological polar surface area (TPSA) is 55.1 Å². The second-order valence-electron chi connectivity index (χ2n) is 4.49. The first-order valence-corrected chi connectivity index (χ1v) is 6.54. The van der Waals surface area contributed by atoms with Gasteiger partial charge < -0.3 is 5.11 Å². The van der Waals surface area contributed by atoms with E-state index < -0.39 is 5.97 Å². The minimum atomic E-state index is -0.910. The first kappa shape index (κ1) is 13.3. The Labute approximate surface area is 112 Å². The maximum absolute atomic E-state index is 11.1. The van der Waals surface area contributed by atoms with Crippen molar-refractivity contribution in [3.8, 4) is 0 Å². The standard InChI is InChI=1S/C15H18N2O2/c1-2-13-11-14(15(18)19)17(16-13)10-6-9-12-7-4-3-5-8-12/h3-5,7-8,11H,2,6,9-10H2,1H3,(H,18,19). The van der Waals surface area contributed by atoms with Gasteiger partial charge in [-0.05, 0) is 30.9 Å². The molecule has 0 saturated heterocycles. The third-order valence-electron chi connectivity index (χ3n) is 3.09. The van der Waals surface area contributed by atoms with Crippen molar-refractivity contribution in [3.05, 3.63) is 53.3 Å². The molecule has 0 radical (unpaired) electrons. The third-order valence-corrected chi connectivity index (χ3v) is 3.09. The van der Waals surface area contributed by atoms with E-state index in [1.165, 1.54) is 5.56 Å². The summed E-state index contributed by atoms with van der Waals surface area (Å²) in [6, 6.07) is 11.8. The molecule has 2 aromatic rings. The van der Waals surface area contributed by atoms with E-state index >= 15 is 0 Å². The highest BCUT2D eigenvalue weighted by molar-refractivity contribution is 5.85. The number of aryl methyl sites for hydroxylation is 3. The van der Waals surface area contributed by atoms with E-state index in [-0.39, 0.29) is 5.69 Å². The lowest BCUT2D eigenvalue weighted by molar-refractivity contribution is 0.0683. The second kappa shape index (κ2) is 6.18. The van der Waals surface area contributed by atoms with Crippen LogP contribution >= 0.6 is 0 Å². The summed E-state index contributed by atoms with van der Waals surface area (Å²) in [5.41, 5.74) is 2.38. The van der Waals surface area contributed by atoms with Gasteiger partial charge in [0.25, 0.3) is 0 Å². The van der Waals surface area contributed by atoms with Crippen LogP contribution in [0.4, 0.5) is 0 Å². The average Bonchev–Trinajstić information content (AvgIpc) is 2.83. The number of hydrogen-bond donors (Lipinski definition) is 1. The van der Waals surface area contributed by atoms with Crippen molar-refractivity contribution in [2.45, 2.75) is 32.7 Å². The largest absolute Gasteiger partial charge is 0.477 e. The van der Waals surface area contributed by atoms with Crippen molar-refractivity contribution in [2.24, 2.45) is 0 Å². The van der Waals surface area contributed by atoms with Gasteiger partial charge in [0.05, 0.1) is 5.69 Å². The number of aromatic carboxylic acids is 1. The van der Waals surface area contributed by atoms with Crippen LogP contribution in [-0.4, -0.2) is 20.9 Å². The van der Waals surface area contributed by atoms with E-state index in [1.807, 2.05) is 25.1 Å². The van der Waals surface area contributed by atoms with Crippen LogP contribution in [0.15, 0.2) is 36.4 Å². The zero-order chi connectivity index (χ0) is 13.7. The van der Waals surface area contributed by atoms with E-state index in [1.54, 1.807) is 10.7 Å². The van der Waals surface area contributed by atoms with Gasteiger partial charge in [0.2, 0.25) is 0 Å². The molecule has 1 aromatic heterocycles. The monoisotopic (exact) mass is 258 g/mol. The van der Waals surface area contributed by atoms with Crippen LogP contribution in [0.25, 0.3) is 0 Å². The Hall–Kier alpha value is -2.10. The summed E-state index contributed by atoms with van der Waals surface area (Å²) in [6.07, 6.45) is 2.57. The number of benzene rings is 1. The quantitative estimate of drug-likeness (QED) is 0.866. The van der Waals surface area contributed by atoms with E-state index in [9.17, 15) is 4.79 Å². The number of carboxylic acids is 1. The van der Waals surface area contributed by atoms with Gasteiger partial charge in [-0.25, -0.2) is 4.79 Å². The molecular formula is C15H18N2O2. The molecular weight excluding hydrogens is 240 g/mol. The van der Waals surface area contributed by atoms with Crippen LogP contribution in [0.3, 0.4) is 0 Å². The second-order valence-corrected chi connectivity index (χ2v) is 4.49. The number of aromatic nitrogens is 2. The number of carboxylic acid groups (broad SMARTS) is 1. The van der Waals surface area contributed by atoms with E-state index in [2.05, 4.69) is 17.2 Å². The summed E-state index contributed by atoms with van der Waals surface area (Å²) in [5.74, 6) is -0.910. The molecule has 0 amide bonds. The molecule has 0 aliphatic rings. The van der Waals surface area contributed by atoms with Crippen molar-refractivity contribution in [1.29, 1.82) is 0 Å². The van der Waals surface area contributed by atoms with Gasteiger partial charge in [0.1, 0.15) is 5.69 Å². The molecule has 0 unspecified atom stereocenters. The highest BCUT2D eigenvalue weighted by Gasteiger charge is 2.12. The summed E-state index contributed by atoms with van der Waals surface area (Å²) in [7, 11) is 0. The van der Waals surface area contributed by atoms with Crippen molar-refractivity contribution in [3.63, 3.8) is 0 Å². The summed E-state index contributed by atoms with van der Waals surface area (Å²) in [4.78, 5) is 11.1. The van der Waals surface area contributed by atoms with Gasteiger partial charge in [0, 0.05) is 6.54 Å². The zero-order valence-electron chi connectivity index (χ0n) is 11.0. The first-order chi connectivity index (χ1) is 9.20. The van der Waals surface area contributed by atoms with Crippen LogP contribution in [0, 0.1) is 0 Å². The Kier molecular flexibility index (Phi) is 4.34. The van der Waals surface area contributed by atoms with Gasteiger partial charge >= 0.3 is 5.97 Å². The summed E-state index contributed by atoms with van der Waals surface area (Å²) >= 11 is 0. The molecule has 4 nitrogen and oxygen atoms in total. The molecule has 0 spiro atoms. The van der Waals surface area contributed by atoms with Crippen LogP contribution < -0.4 is 0 Å². The fourth-order valence-corrected chi connectivity index (χ4v) is 2.06. The molecule has 4 heteroatoms. The fourth-order valence-electron chi connectivity index (χ4n) is 2.06. The van der Waals surface area contributed by atoms with E-state index in [0.717, 1.165) is 25.0 Å². The number of hydrogen-bond acceptors (Lipinski definition) is 2. The smallest absolute Gasteiger partial charge is 0.354 e. The molecule has 0 aliphatic heterocycles. The molecule has 2 rings (SSSR count). The Balaban J connectivity index is 1.99. The van der Waals surface area contributed by atoms with E-state index in [4.69, 9.17) is 5.11 Å².